The molecular weight excluding hydrogens is 304 g/mol. The summed E-state index contributed by atoms with van der Waals surface area (Å²) in [6, 6.07) is 3.77. The van der Waals surface area contributed by atoms with Crippen LogP contribution in [0.4, 0.5) is 0 Å². The maximum Gasteiger partial charge on any atom is 0.129 e. The molecule has 1 atom stereocenters. The summed E-state index contributed by atoms with van der Waals surface area (Å²) in [6.45, 7) is 13.6. The molecule has 0 saturated carbocycles. The number of rotatable bonds is 2. The van der Waals surface area contributed by atoms with Gasteiger partial charge in [-0.15, -0.1) is 5.54 Å². The van der Waals surface area contributed by atoms with Crippen LogP contribution in [0.5, 0.6) is 0 Å². The summed E-state index contributed by atoms with van der Waals surface area (Å²) in [5.41, 5.74) is 4.91. The van der Waals surface area contributed by atoms with Crippen molar-refractivity contribution in [3.8, 4) is 11.5 Å². The molecule has 0 aromatic carbocycles. The molecule has 1 aromatic rings. The minimum absolute atomic E-state index is 0. The number of aliphatic hydroxyl groups excluding tert-OH is 1. The molecule has 0 radical (unpaired) electrons. The van der Waals surface area contributed by atoms with E-state index in [0.717, 1.165) is 11.3 Å². The number of hydrogen-bond acceptors (Lipinski definition) is 2. The standard InChI is InChI=1S/C13H19NOSi.C2H5.Zn/c1-5-13(15)11-6-7-12(14-10-11)8-9-16(2,3)4;1-2;/h6-7,10,13,15H,5H2,1-4H3;1H2,2H3;/q;-1;/t13-;;/m0../s1. The van der Waals surface area contributed by atoms with E-state index < -0.39 is 14.2 Å². The molecule has 1 rings (SSSR count). The molecule has 0 saturated heterocycles. The van der Waals surface area contributed by atoms with Gasteiger partial charge in [-0.25, -0.2) is 4.98 Å². The Morgan fingerprint density at radius 2 is 1.89 bits per heavy atom. The molecule has 102 valence electrons. The van der Waals surface area contributed by atoms with Crippen molar-refractivity contribution in [1.29, 1.82) is 0 Å². The normalized spacial score (nSPS) is 11.1. The molecule has 0 aliphatic carbocycles. The Morgan fingerprint density at radius 1 is 1.32 bits per heavy atom. The number of aromatic nitrogens is 1. The van der Waals surface area contributed by atoms with Gasteiger partial charge in [-0.05, 0) is 18.1 Å². The van der Waals surface area contributed by atoms with Gasteiger partial charge in [0, 0.05) is 25.7 Å². The van der Waals surface area contributed by atoms with Crippen molar-refractivity contribution >= 4 is 8.07 Å². The summed E-state index contributed by atoms with van der Waals surface area (Å²) >= 11 is 0. The second kappa shape index (κ2) is 10.3. The van der Waals surface area contributed by atoms with Crippen LogP contribution >= 0.6 is 0 Å². The molecule has 1 aromatic heterocycles. The fourth-order valence-corrected chi connectivity index (χ4v) is 1.67. The van der Waals surface area contributed by atoms with Crippen LogP contribution in [-0.4, -0.2) is 18.2 Å². The summed E-state index contributed by atoms with van der Waals surface area (Å²) in [6.07, 6.45) is 2.01. The van der Waals surface area contributed by atoms with Gasteiger partial charge in [0.1, 0.15) is 13.8 Å². The molecular formula is C15H24NOSiZn-. The smallest absolute Gasteiger partial charge is 0.129 e. The van der Waals surface area contributed by atoms with E-state index in [1.54, 1.807) is 13.1 Å². The monoisotopic (exact) mass is 326 g/mol. The predicted molar refractivity (Wildman–Crippen MR) is 80.7 cm³/mol. The van der Waals surface area contributed by atoms with E-state index in [2.05, 4.69) is 43.0 Å². The van der Waals surface area contributed by atoms with E-state index in [0.29, 0.717) is 6.42 Å². The quantitative estimate of drug-likeness (QED) is 0.511. The molecule has 2 nitrogen and oxygen atoms in total. The largest absolute Gasteiger partial charge is 0.388 e. The van der Waals surface area contributed by atoms with Gasteiger partial charge in [-0.1, -0.05) is 38.6 Å². The number of pyridine rings is 1. The van der Waals surface area contributed by atoms with Crippen molar-refractivity contribution in [2.24, 2.45) is 0 Å². The molecule has 0 unspecified atom stereocenters. The number of hydrogen-bond donors (Lipinski definition) is 1. The number of aliphatic hydroxyl groups is 1. The predicted octanol–water partition coefficient (Wildman–Crippen LogP) is 3.59. The summed E-state index contributed by atoms with van der Waals surface area (Å²) in [5.74, 6) is 3.09. The SMILES string of the molecule is CC[C@H](O)c1ccc(C#C[Si](C)(C)C)nc1.[CH2-]C.[Zn]. The van der Waals surface area contributed by atoms with Gasteiger partial charge in [0.2, 0.25) is 0 Å². The Morgan fingerprint density at radius 3 is 2.26 bits per heavy atom. The summed E-state index contributed by atoms with van der Waals surface area (Å²) in [5, 5.41) is 9.61. The molecule has 0 aliphatic heterocycles. The van der Waals surface area contributed by atoms with Crippen molar-refractivity contribution in [3.63, 3.8) is 0 Å². The van der Waals surface area contributed by atoms with Gasteiger partial charge >= 0.3 is 0 Å². The molecule has 1 N–H and O–H groups in total. The third-order valence-electron chi connectivity index (χ3n) is 2.12. The van der Waals surface area contributed by atoms with Crippen molar-refractivity contribution in [1.82, 2.24) is 4.98 Å². The fraction of sp³-hybridized carbons (Fsp3) is 0.467. The zero-order valence-corrected chi connectivity index (χ0v) is 16.8. The summed E-state index contributed by atoms with van der Waals surface area (Å²) in [7, 11) is -1.33. The van der Waals surface area contributed by atoms with Crippen LogP contribution in [0, 0.1) is 18.4 Å². The van der Waals surface area contributed by atoms with E-state index in [4.69, 9.17) is 0 Å². The first-order valence-electron chi connectivity index (χ1n) is 6.30. The Labute approximate surface area is 131 Å². The van der Waals surface area contributed by atoms with Gasteiger partial charge in [0.05, 0.1) is 6.10 Å². The first kappa shape index (κ1) is 20.8. The van der Waals surface area contributed by atoms with E-state index in [9.17, 15) is 5.11 Å². The molecule has 0 fully saturated rings. The third-order valence-corrected chi connectivity index (χ3v) is 3.00. The molecule has 0 amide bonds. The van der Waals surface area contributed by atoms with E-state index in [-0.39, 0.29) is 19.5 Å². The van der Waals surface area contributed by atoms with Gasteiger partial charge in [-0.3, -0.25) is 0 Å². The topological polar surface area (TPSA) is 33.1 Å². The Kier molecular flexibility index (Phi) is 11.3. The fourth-order valence-electron chi connectivity index (χ4n) is 1.16. The molecule has 1 heterocycles. The number of nitrogens with zero attached hydrogens (tertiary/aromatic N) is 1. The Balaban J connectivity index is 0. The van der Waals surface area contributed by atoms with Crippen LogP contribution < -0.4 is 0 Å². The van der Waals surface area contributed by atoms with Crippen molar-refractivity contribution in [2.45, 2.75) is 46.0 Å². The van der Waals surface area contributed by atoms with Crippen LogP contribution in [-0.2, 0) is 19.5 Å². The first-order valence-corrected chi connectivity index (χ1v) is 9.80. The minimum atomic E-state index is -1.33. The maximum atomic E-state index is 9.61. The van der Waals surface area contributed by atoms with E-state index >= 15 is 0 Å². The van der Waals surface area contributed by atoms with Crippen LogP contribution in [0.25, 0.3) is 0 Å². The van der Waals surface area contributed by atoms with Gasteiger partial charge in [-0.2, -0.15) is 6.92 Å². The first-order chi connectivity index (χ1) is 8.42. The van der Waals surface area contributed by atoms with Crippen molar-refractivity contribution in [3.05, 3.63) is 36.5 Å². The average molecular weight is 328 g/mol. The summed E-state index contributed by atoms with van der Waals surface area (Å²) < 4.78 is 0. The minimum Gasteiger partial charge on any atom is -0.388 e. The van der Waals surface area contributed by atoms with Gasteiger partial charge in [0.15, 0.2) is 0 Å². The van der Waals surface area contributed by atoms with Crippen LogP contribution in [0.15, 0.2) is 18.3 Å². The molecule has 0 spiro atoms. The van der Waals surface area contributed by atoms with E-state index in [1.807, 2.05) is 19.1 Å². The molecule has 4 heteroatoms. The maximum absolute atomic E-state index is 9.61. The van der Waals surface area contributed by atoms with Gasteiger partial charge in [0.25, 0.3) is 0 Å². The van der Waals surface area contributed by atoms with Crippen molar-refractivity contribution in [2.75, 3.05) is 0 Å². The Bertz CT molecular complexity index is 401. The molecule has 19 heavy (non-hydrogen) atoms. The third kappa shape index (κ3) is 9.10. The Hall–Kier alpha value is -0.490. The van der Waals surface area contributed by atoms with E-state index in [1.165, 1.54) is 0 Å². The summed E-state index contributed by atoms with van der Waals surface area (Å²) in [4.78, 5) is 4.24. The molecule has 0 aliphatic rings. The van der Waals surface area contributed by atoms with Crippen LogP contribution in [0.1, 0.15) is 37.6 Å². The average Bonchev–Trinajstić information content (AvgIpc) is 2.37. The molecule has 0 bridgehead atoms. The second-order valence-corrected chi connectivity index (χ2v) is 9.65. The zero-order valence-electron chi connectivity index (χ0n) is 12.8. The van der Waals surface area contributed by atoms with Crippen LogP contribution in [0.3, 0.4) is 0 Å². The van der Waals surface area contributed by atoms with Crippen LogP contribution in [0.2, 0.25) is 19.6 Å². The second-order valence-electron chi connectivity index (χ2n) is 4.90. The zero-order chi connectivity index (χ0) is 14.2. The van der Waals surface area contributed by atoms with Crippen molar-refractivity contribution < 1.29 is 24.6 Å². The van der Waals surface area contributed by atoms with Gasteiger partial charge < -0.3 is 12.0 Å².